The van der Waals surface area contributed by atoms with Crippen molar-refractivity contribution in [1.82, 2.24) is 0 Å². The van der Waals surface area contributed by atoms with Crippen LogP contribution in [0.3, 0.4) is 0 Å². The fourth-order valence-corrected chi connectivity index (χ4v) is 4.42. The molecule has 0 fully saturated rings. The van der Waals surface area contributed by atoms with Gasteiger partial charge in [-0.3, -0.25) is 4.79 Å². The Morgan fingerprint density at radius 2 is 1.21 bits per heavy atom. The maximum atomic E-state index is 12.7. The molecule has 0 aliphatic carbocycles. The summed E-state index contributed by atoms with van der Waals surface area (Å²) in [6, 6.07) is 29.2. The average Bonchev–Trinajstić information content (AvgIpc) is 2.72. The van der Waals surface area contributed by atoms with Crippen LogP contribution in [0.2, 0.25) is 0 Å². The number of ketones is 1. The van der Waals surface area contributed by atoms with Crippen molar-refractivity contribution in [2.45, 2.75) is 9.79 Å². The lowest BCUT2D eigenvalue weighted by Crippen LogP contribution is -2.17. The van der Waals surface area contributed by atoms with E-state index in [1.807, 2.05) is 36.4 Å². The third-order valence-corrected chi connectivity index (χ3v) is 5.90. The zero-order chi connectivity index (χ0) is 21.3. The maximum absolute atomic E-state index is 12.7. The quantitative estimate of drug-likeness (QED) is 0.229. The molecule has 0 bridgehead atoms. The van der Waals surface area contributed by atoms with E-state index in [4.69, 9.17) is 5.26 Å². The van der Waals surface area contributed by atoms with Crippen LogP contribution in [0.5, 0.6) is 0 Å². The lowest BCUT2D eigenvalue weighted by Gasteiger charge is -2.08. The molecule has 0 radical (unpaired) electrons. The maximum Gasteiger partial charge on any atom is 0.673 e. The normalized spacial score (nSPS) is 10.6. The van der Waals surface area contributed by atoms with Gasteiger partial charge in [0, 0.05) is 5.56 Å². The number of carbonyl (C=O) groups excluding carboxylic acids is 1. The second kappa shape index (κ2) is 10.5. The summed E-state index contributed by atoms with van der Waals surface area (Å²) in [6.07, 6.45) is 0. The molecule has 0 saturated carbocycles. The van der Waals surface area contributed by atoms with Crippen molar-refractivity contribution in [3.05, 3.63) is 96.1 Å². The molecule has 2 nitrogen and oxygen atoms in total. The molecule has 3 rings (SSSR count). The van der Waals surface area contributed by atoms with Crippen LogP contribution in [-0.4, -0.2) is 18.8 Å². The van der Waals surface area contributed by atoms with Gasteiger partial charge in [-0.25, -0.2) is 0 Å². The Labute approximate surface area is 169 Å². The number of hydrogen-bond acceptors (Lipinski definition) is 2. The summed E-state index contributed by atoms with van der Waals surface area (Å²) >= 11 is 0. The fraction of sp³-hybridized carbons (Fsp3) is 0.0476. The van der Waals surface area contributed by atoms with Crippen molar-refractivity contribution >= 4 is 23.9 Å². The summed E-state index contributed by atoms with van der Waals surface area (Å²) in [4.78, 5) is 15.0. The van der Waals surface area contributed by atoms with Gasteiger partial charge in [-0.05, 0) is 48.5 Å². The van der Waals surface area contributed by atoms with E-state index in [2.05, 4.69) is 30.3 Å². The van der Waals surface area contributed by atoms with Gasteiger partial charge in [0.05, 0.1) is 22.5 Å². The number of nitrogens with zero attached hydrogens (tertiary/aromatic N) is 1. The van der Waals surface area contributed by atoms with Gasteiger partial charge in [0.1, 0.15) is 0 Å². The number of hydrogen-bond donors (Lipinski definition) is 0. The van der Waals surface area contributed by atoms with Gasteiger partial charge in [0.2, 0.25) is 5.78 Å². The van der Waals surface area contributed by atoms with E-state index >= 15 is 0 Å². The Bertz CT molecular complexity index is 912. The zero-order valence-corrected chi connectivity index (χ0v) is 16.0. The minimum absolute atomic E-state index is 0.0931. The molecule has 0 saturated heterocycles. The SMILES string of the molecule is F[B-](F)(F)F.N#Cc1ccc(C(=O)C[S+](c2ccccc2)c2ccccc2)cc1. The number of rotatable bonds is 5. The predicted molar refractivity (Wildman–Crippen MR) is 107 cm³/mol. The molecule has 0 aliphatic rings. The number of benzene rings is 3. The van der Waals surface area contributed by atoms with Crippen LogP contribution in [0.1, 0.15) is 15.9 Å². The zero-order valence-electron chi connectivity index (χ0n) is 15.1. The Hall–Kier alpha value is -3.05. The molecule has 29 heavy (non-hydrogen) atoms. The monoisotopic (exact) mass is 417 g/mol. The van der Waals surface area contributed by atoms with Crippen molar-refractivity contribution in [2.24, 2.45) is 0 Å². The van der Waals surface area contributed by atoms with Gasteiger partial charge in [-0.15, -0.1) is 0 Å². The lowest BCUT2D eigenvalue weighted by molar-refractivity contribution is 0.102. The van der Waals surface area contributed by atoms with Crippen LogP contribution in [0.25, 0.3) is 0 Å². The molecule has 0 heterocycles. The van der Waals surface area contributed by atoms with Crippen molar-refractivity contribution < 1.29 is 22.1 Å². The smallest absolute Gasteiger partial charge is 0.418 e. The van der Waals surface area contributed by atoms with Crippen molar-refractivity contribution in [3.63, 3.8) is 0 Å². The first-order valence-electron chi connectivity index (χ1n) is 8.49. The minimum atomic E-state index is -6.00. The summed E-state index contributed by atoms with van der Waals surface area (Å²) in [5.41, 5.74) is 1.22. The number of halogens is 4. The molecule has 148 valence electrons. The van der Waals surface area contributed by atoms with Crippen LogP contribution in [0.4, 0.5) is 17.3 Å². The highest BCUT2D eigenvalue weighted by Crippen LogP contribution is 2.24. The summed E-state index contributed by atoms with van der Waals surface area (Å²) in [5, 5.41) is 8.88. The van der Waals surface area contributed by atoms with Gasteiger partial charge in [-0.2, -0.15) is 5.26 Å². The minimum Gasteiger partial charge on any atom is -0.418 e. The second-order valence-electron chi connectivity index (χ2n) is 5.77. The third-order valence-electron chi connectivity index (χ3n) is 3.67. The van der Waals surface area contributed by atoms with Crippen LogP contribution < -0.4 is 0 Å². The molecule has 0 spiro atoms. The highest BCUT2D eigenvalue weighted by Gasteiger charge is 2.28. The highest BCUT2D eigenvalue weighted by molar-refractivity contribution is 7.97. The highest BCUT2D eigenvalue weighted by atomic mass is 32.2. The van der Waals surface area contributed by atoms with Crippen LogP contribution in [-0.2, 0) is 10.9 Å². The molecule has 0 amide bonds. The van der Waals surface area contributed by atoms with E-state index in [-0.39, 0.29) is 16.7 Å². The summed E-state index contributed by atoms with van der Waals surface area (Å²) in [5.74, 6) is 0.524. The van der Waals surface area contributed by atoms with E-state index in [9.17, 15) is 22.1 Å². The second-order valence-corrected chi connectivity index (χ2v) is 7.78. The van der Waals surface area contributed by atoms with E-state index in [1.165, 1.54) is 0 Å². The van der Waals surface area contributed by atoms with Crippen molar-refractivity contribution in [3.8, 4) is 6.07 Å². The molecule has 8 heteroatoms. The topological polar surface area (TPSA) is 40.9 Å². The van der Waals surface area contributed by atoms with Gasteiger partial charge in [0.25, 0.3) is 0 Å². The molecule has 0 unspecified atom stereocenters. The first-order chi connectivity index (χ1) is 13.8. The first kappa shape index (κ1) is 22.2. The van der Waals surface area contributed by atoms with Gasteiger partial charge < -0.3 is 17.3 Å². The molecule has 0 N–H and O–H groups in total. The standard InChI is InChI=1S/C21H16NOS.BF4/c22-15-17-11-13-18(14-12-17)21(23)16-24(19-7-3-1-4-8-19)20-9-5-2-6-10-20;2-1(3,4)5/h1-14H,16H2;/q+1;-1. The van der Waals surface area contributed by atoms with Crippen LogP contribution in [0.15, 0.2) is 94.7 Å². The summed E-state index contributed by atoms with van der Waals surface area (Å²) in [7, 11) is -6.30. The molecule has 0 atom stereocenters. The fourth-order valence-electron chi connectivity index (χ4n) is 2.42. The molecular formula is C21H16BF4NOS. The summed E-state index contributed by atoms with van der Waals surface area (Å²) in [6.45, 7) is 0. The number of Topliss-reactive ketones (excluding diaryl/α,β-unsaturated/α-hetero) is 1. The number of carbonyl (C=O) groups is 1. The van der Waals surface area contributed by atoms with Gasteiger partial charge >= 0.3 is 7.25 Å². The largest absolute Gasteiger partial charge is 0.673 e. The van der Waals surface area contributed by atoms with Crippen molar-refractivity contribution in [2.75, 3.05) is 5.75 Å². The molecule has 3 aromatic rings. The first-order valence-corrected chi connectivity index (χ1v) is 9.89. The number of nitriles is 1. The Balaban J connectivity index is 0.000000537. The van der Waals surface area contributed by atoms with E-state index in [0.717, 1.165) is 9.79 Å². The predicted octanol–water partition coefficient (Wildman–Crippen LogP) is 5.78. The van der Waals surface area contributed by atoms with E-state index in [0.29, 0.717) is 16.9 Å². The van der Waals surface area contributed by atoms with Gasteiger partial charge in [0.15, 0.2) is 15.5 Å². The Morgan fingerprint density at radius 3 is 1.59 bits per heavy atom. The molecule has 0 aliphatic heterocycles. The van der Waals surface area contributed by atoms with Gasteiger partial charge in [-0.1, -0.05) is 36.4 Å². The van der Waals surface area contributed by atoms with E-state index in [1.54, 1.807) is 24.3 Å². The van der Waals surface area contributed by atoms with Crippen LogP contribution in [0, 0.1) is 11.3 Å². The average molecular weight is 417 g/mol. The Morgan fingerprint density at radius 1 is 0.793 bits per heavy atom. The van der Waals surface area contributed by atoms with E-state index < -0.39 is 7.25 Å². The summed E-state index contributed by atoms with van der Waals surface area (Å²) < 4.78 is 39.0. The molecule has 3 aromatic carbocycles. The van der Waals surface area contributed by atoms with Crippen LogP contribution >= 0.6 is 0 Å². The molecule has 0 aromatic heterocycles. The Kier molecular flexibility index (Phi) is 8.04. The third kappa shape index (κ3) is 7.84. The lowest BCUT2D eigenvalue weighted by atomic mass is 10.1. The van der Waals surface area contributed by atoms with Crippen molar-refractivity contribution in [1.29, 1.82) is 5.26 Å². The molecular weight excluding hydrogens is 401 g/mol.